The van der Waals surface area contributed by atoms with E-state index in [9.17, 15) is 9.59 Å². The molecule has 3 atom stereocenters. The first-order valence-corrected chi connectivity index (χ1v) is 9.21. The van der Waals surface area contributed by atoms with Crippen LogP contribution < -0.4 is 5.32 Å². The van der Waals surface area contributed by atoms with Crippen LogP contribution in [0.5, 0.6) is 0 Å². The average Bonchev–Trinajstić information content (AvgIpc) is 2.56. The Bertz CT molecular complexity index is 660. The van der Waals surface area contributed by atoms with Gasteiger partial charge in [0, 0.05) is 22.2 Å². The molecule has 0 unspecified atom stereocenters. The summed E-state index contributed by atoms with van der Waals surface area (Å²) in [6.45, 7) is 4.07. The molecular formula is C19H23Cl2NO3. The van der Waals surface area contributed by atoms with Gasteiger partial charge in [0.15, 0.2) is 6.61 Å². The van der Waals surface area contributed by atoms with Crippen LogP contribution in [0.4, 0.5) is 0 Å². The Morgan fingerprint density at radius 1 is 1.28 bits per heavy atom. The zero-order valence-electron chi connectivity index (χ0n) is 14.4. The van der Waals surface area contributed by atoms with Gasteiger partial charge in [-0.25, -0.2) is 4.79 Å². The van der Waals surface area contributed by atoms with Crippen LogP contribution in [0.2, 0.25) is 10.0 Å². The van der Waals surface area contributed by atoms with E-state index in [1.807, 2.05) is 0 Å². The largest absolute Gasteiger partial charge is 0.452 e. The summed E-state index contributed by atoms with van der Waals surface area (Å²) in [5, 5.41) is 3.93. The van der Waals surface area contributed by atoms with E-state index < -0.39 is 5.97 Å². The molecular weight excluding hydrogens is 361 g/mol. The summed E-state index contributed by atoms with van der Waals surface area (Å²) in [4.78, 5) is 23.7. The monoisotopic (exact) mass is 383 g/mol. The third-order valence-electron chi connectivity index (χ3n) is 4.76. The molecule has 136 valence electrons. The highest BCUT2D eigenvalue weighted by Crippen LogP contribution is 2.29. The molecule has 0 radical (unpaired) electrons. The molecule has 0 aliphatic heterocycles. The molecule has 1 aliphatic rings. The maximum atomic E-state index is 12.0. The summed E-state index contributed by atoms with van der Waals surface area (Å²) in [5.41, 5.74) is 0.650. The number of hydrogen-bond donors (Lipinski definition) is 1. The van der Waals surface area contributed by atoms with Crippen LogP contribution in [-0.4, -0.2) is 24.5 Å². The van der Waals surface area contributed by atoms with Crippen molar-refractivity contribution >= 4 is 41.2 Å². The van der Waals surface area contributed by atoms with Gasteiger partial charge in [-0.05, 0) is 42.0 Å². The Morgan fingerprint density at radius 3 is 2.76 bits per heavy atom. The normalized spacial score (nSPS) is 23.4. The van der Waals surface area contributed by atoms with Crippen molar-refractivity contribution in [3.8, 4) is 0 Å². The molecule has 1 aromatic rings. The van der Waals surface area contributed by atoms with E-state index in [0.29, 0.717) is 27.4 Å². The van der Waals surface area contributed by atoms with Crippen molar-refractivity contribution in [1.82, 2.24) is 5.32 Å². The summed E-state index contributed by atoms with van der Waals surface area (Å²) >= 11 is 11.8. The Hall–Kier alpha value is -1.52. The lowest BCUT2D eigenvalue weighted by Crippen LogP contribution is -2.45. The number of halogens is 2. The van der Waals surface area contributed by atoms with Crippen molar-refractivity contribution < 1.29 is 14.3 Å². The van der Waals surface area contributed by atoms with E-state index in [1.165, 1.54) is 18.6 Å². The lowest BCUT2D eigenvalue weighted by atomic mass is 9.78. The van der Waals surface area contributed by atoms with Crippen molar-refractivity contribution in [1.29, 1.82) is 0 Å². The van der Waals surface area contributed by atoms with Crippen molar-refractivity contribution in [3.05, 3.63) is 39.9 Å². The van der Waals surface area contributed by atoms with Gasteiger partial charge < -0.3 is 10.1 Å². The molecule has 4 nitrogen and oxygen atoms in total. The van der Waals surface area contributed by atoms with E-state index in [1.54, 1.807) is 18.2 Å². The van der Waals surface area contributed by atoms with Gasteiger partial charge in [0.25, 0.3) is 5.91 Å². The van der Waals surface area contributed by atoms with Gasteiger partial charge in [-0.1, -0.05) is 56.0 Å². The number of rotatable bonds is 5. The zero-order chi connectivity index (χ0) is 18.4. The van der Waals surface area contributed by atoms with E-state index in [2.05, 4.69) is 19.2 Å². The number of benzene rings is 1. The summed E-state index contributed by atoms with van der Waals surface area (Å²) in [6.07, 6.45) is 6.05. The number of nitrogens with one attached hydrogen (secondary N) is 1. The van der Waals surface area contributed by atoms with Gasteiger partial charge in [-0.2, -0.15) is 0 Å². The van der Waals surface area contributed by atoms with Crippen LogP contribution in [-0.2, 0) is 14.3 Å². The molecule has 0 saturated heterocycles. The number of carbonyl (C=O) groups is 2. The van der Waals surface area contributed by atoms with Gasteiger partial charge in [-0.3, -0.25) is 4.79 Å². The molecule has 0 spiro atoms. The van der Waals surface area contributed by atoms with Crippen LogP contribution in [0.25, 0.3) is 6.08 Å². The summed E-state index contributed by atoms with van der Waals surface area (Å²) in [5.74, 6) is 0.164. The molecule has 1 amide bonds. The third-order valence-corrected chi connectivity index (χ3v) is 5.32. The molecule has 0 heterocycles. The van der Waals surface area contributed by atoms with Crippen molar-refractivity contribution in [3.63, 3.8) is 0 Å². The second kappa shape index (κ2) is 9.25. The molecule has 0 bridgehead atoms. The zero-order valence-corrected chi connectivity index (χ0v) is 15.9. The van der Waals surface area contributed by atoms with Gasteiger partial charge in [0.1, 0.15) is 0 Å². The molecule has 1 aromatic carbocycles. The van der Waals surface area contributed by atoms with E-state index >= 15 is 0 Å². The highest BCUT2D eigenvalue weighted by Gasteiger charge is 2.28. The number of esters is 1. The molecule has 1 aliphatic carbocycles. The van der Waals surface area contributed by atoms with Crippen molar-refractivity contribution in [2.45, 2.75) is 39.2 Å². The number of amides is 1. The predicted octanol–water partition coefficient (Wildman–Crippen LogP) is 4.49. The molecule has 1 fully saturated rings. The summed E-state index contributed by atoms with van der Waals surface area (Å²) < 4.78 is 4.99. The van der Waals surface area contributed by atoms with E-state index in [0.717, 1.165) is 12.8 Å². The highest BCUT2D eigenvalue weighted by molar-refractivity contribution is 6.35. The maximum Gasteiger partial charge on any atom is 0.331 e. The highest BCUT2D eigenvalue weighted by atomic mass is 35.5. The molecule has 1 saturated carbocycles. The van der Waals surface area contributed by atoms with Gasteiger partial charge >= 0.3 is 5.97 Å². The average molecular weight is 384 g/mol. The SMILES string of the molecule is C[C@H]1[C@@H](NC(=O)COC(=O)/C=C/c2ccc(Cl)cc2Cl)CCC[C@@H]1C. The number of hydrogen-bond acceptors (Lipinski definition) is 3. The number of ether oxygens (including phenoxy) is 1. The molecule has 25 heavy (non-hydrogen) atoms. The minimum absolute atomic E-state index is 0.151. The molecule has 2 rings (SSSR count). The first kappa shape index (κ1) is 19.8. The topological polar surface area (TPSA) is 55.4 Å². The second-order valence-electron chi connectivity index (χ2n) is 6.55. The summed E-state index contributed by atoms with van der Waals surface area (Å²) in [7, 11) is 0. The van der Waals surface area contributed by atoms with Crippen LogP contribution in [0.3, 0.4) is 0 Å². The lowest BCUT2D eigenvalue weighted by Gasteiger charge is -2.34. The molecule has 0 aromatic heterocycles. The fraction of sp³-hybridized carbons (Fsp3) is 0.474. The summed E-state index contributed by atoms with van der Waals surface area (Å²) in [6, 6.07) is 5.12. The molecule has 6 heteroatoms. The number of carbonyl (C=O) groups excluding carboxylic acids is 2. The van der Waals surface area contributed by atoms with Crippen molar-refractivity contribution in [2.24, 2.45) is 11.8 Å². The van der Waals surface area contributed by atoms with Crippen LogP contribution in [0, 0.1) is 11.8 Å². The first-order valence-electron chi connectivity index (χ1n) is 8.46. The smallest absolute Gasteiger partial charge is 0.331 e. The third kappa shape index (κ3) is 6.05. The van der Waals surface area contributed by atoms with E-state index in [-0.39, 0.29) is 18.6 Å². The van der Waals surface area contributed by atoms with Gasteiger partial charge in [0.05, 0.1) is 0 Å². The van der Waals surface area contributed by atoms with Crippen molar-refractivity contribution in [2.75, 3.05) is 6.61 Å². The van der Waals surface area contributed by atoms with Crippen LogP contribution in [0.1, 0.15) is 38.7 Å². The van der Waals surface area contributed by atoms with Gasteiger partial charge in [-0.15, -0.1) is 0 Å². The maximum absolute atomic E-state index is 12.0. The predicted molar refractivity (Wildman–Crippen MR) is 101 cm³/mol. The van der Waals surface area contributed by atoms with Crippen LogP contribution >= 0.6 is 23.2 Å². The fourth-order valence-corrected chi connectivity index (χ4v) is 3.48. The Balaban J connectivity index is 1.79. The fourth-order valence-electron chi connectivity index (χ4n) is 3.01. The van der Waals surface area contributed by atoms with Crippen LogP contribution in [0.15, 0.2) is 24.3 Å². The Kier molecular flexibility index (Phi) is 7.33. The first-order chi connectivity index (χ1) is 11.9. The minimum atomic E-state index is -0.591. The minimum Gasteiger partial charge on any atom is -0.452 e. The quantitative estimate of drug-likeness (QED) is 0.601. The Morgan fingerprint density at radius 2 is 2.04 bits per heavy atom. The second-order valence-corrected chi connectivity index (χ2v) is 7.39. The molecule has 1 N–H and O–H groups in total. The standard InChI is InChI=1S/C19H23Cl2NO3/c1-12-4-3-5-17(13(12)2)22-18(23)11-25-19(24)9-7-14-6-8-15(20)10-16(14)21/h6-10,12-13,17H,3-5,11H2,1-2H3,(H,22,23)/b9-7+/t12-,13+,17-/m0/s1. The van der Waals surface area contributed by atoms with E-state index in [4.69, 9.17) is 27.9 Å². The Labute approximate surface area is 158 Å². The lowest BCUT2D eigenvalue weighted by molar-refractivity contribution is -0.144. The van der Waals surface area contributed by atoms with Gasteiger partial charge in [0.2, 0.25) is 0 Å².